The molecule has 0 heterocycles. The van der Waals surface area contributed by atoms with Crippen LogP contribution in [0.5, 0.6) is 5.75 Å². The van der Waals surface area contributed by atoms with E-state index in [0.717, 1.165) is 17.7 Å². The highest BCUT2D eigenvalue weighted by atomic mass is 16.5. The molecule has 0 radical (unpaired) electrons. The predicted molar refractivity (Wildman–Crippen MR) is 97.4 cm³/mol. The van der Waals surface area contributed by atoms with Crippen LogP contribution in [0, 0.1) is 18.3 Å². The molecule has 1 aromatic rings. The van der Waals surface area contributed by atoms with E-state index in [0.29, 0.717) is 31.7 Å². The summed E-state index contributed by atoms with van der Waals surface area (Å²) in [6.07, 6.45) is 5.62. The van der Waals surface area contributed by atoms with Crippen LogP contribution in [0.3, 0.4) is 0 Å². The predicted octanol–water partition coefficient (Wildman–Crippen LogP) is 4.19. The van der Waals surface area contributed by atoms with Crippen LogP contribution in [0.1, 0.15) is 69.8 Å². The molecule has 3 nitrogen and oxygen atoms in total. The summed E-state index contributed by atoms with van der Waals surface area (Å²) in [4.78, 5) is 0. The Balaban J connectivity index is 2.49. The fourth-order valence-corrected chi connectivity index (χ4v) is 3.78. The average molecular weight is 330 g/mol. The number of hydrogen-bond acceptors (Lipinski definition) is 3. The Labute approximate surface area is 146 Å². The van der Waals surface area contributed by atoms with Crippen LogP contribution in [-0.4, -0.2) is 24.9 Å². The van der Waals surface area contributed by atoms with Gasteiger partial charge in [0.15, 0.2) is 0 Å². The molecule has 0 aliphatic heterocycles. The highest BCUT2D eigenvalue weighted by Gasteiger charge is 2.37. The molecule has 1 aliphatic carbocycles. The second kappa shape index (κ2) is 7.59. The maximum Gasteiger partial charge on any atom is 0.140 e. The first-order valence-electron chi connectivity index (χ1n) is 8.84. The number of terminal acetylenes is 1. The zero-order valence-electron chi connectivity index (χ0n) is 15.6. The fraction of sp³-hybridized carbons (Fsp3) is 0.619. The van der Waals surface area contributed by atoms with E-state index < -0.39 is 6.10 Å². The van der Waals surface area contributed by atoms with E-state index in [1.165, 1.54) is 11.1 Å². The lowest BCUT2D eigenvalue weighted by atomic mass is 9.64. The van der Waals surface area contributed by atoms with Gasteiger partial charge < -0.3 is 14.6 Å². The molecular formula is C21H30O3. The first-order valence-corrected chi connectivity index (χ1v) is 8.84. The van der Waals surface area contributed by atoms with Crippen molar-refractivity contribution >= 4 is 0 Å². The Hall–Kier alpha value is -1.50. The van der Waals surface area contributed by atoms with E-state index in [2.05, 4.69) is 39.7 Å². The third-order valence-corrected chi connectivity index (χ3v) is 5.20. The molecule has 0 fully saturated rings. The summed E-state index contributed by atoms with van der Waals surface area (Å²) < 4.78 is 11.4. The van der Waals surface area contributed by atoms with Crippen molar-refractivity contribution in [3.8, 4) is 18.1 Å². The molecule has 0 amide bonds. The van der Waals surface area contributed by atoms with E-state index in [9.17, 15) is 5.11 Å². The zero-order valence-corrected chi connectivity index (χ0v) is 15.6. The second-order valence-electron chi connectivity index (χ2n) is 7.45. The van der Waals surface area contributed by atoms with Crippen LogP contribution in [0.2, 0.25) is 0 Å². The number of aliphatic hydroxyl groups is 1. The van der Waals surface area contributed by atoms with Crippen LogP contribution in [0.4, 0.5) is 0 Å². The minimum absolute atomic E-state index is 0.0314. The standard InChI is InChI=1S/C21H30O3/c1-7-18(22)16-11-17-20(15(4)14(3)13-21(17,5)6)19(12-16)24-10-9-23-8-2/h1,11-12,14-15,18,22H,8-10,13H2,2-6H3/t14?,15?,18-/m1/s1. The smallest absolute Gasteiger partial charge is 0.140 e. The van der Waals surface area contributed by atoms with Crippen molar-refractivity contribution in [2.24, 2.45) is 5.92 Å². The molecule has 24 heavy (non-hydrogen) atoms. The minimum Gasteiger partial charge on any atom is -0.491 e. The van der Waals surface area contributed by atoms with Gasteiger partial charge >= 0.3 is 0 Å². The molecule has 2 unspecified atom stereocenters. The number of rotatable bonds is 6. The topological polar surface area (TPSA) is 38.7 Å². The van der Waals surface area contributed by atoms with Gasteiger partial charge in [-0.25, -0.2) is 0 Å². The Morgan fingerprint density at radius 3 is 2.67 bits per heavy atom. The van der Waals surface area contributed by atoms with Crippen molar-refractivity contribution in [2.75, 3.05) is 19.8 Å². The van der Waals surface area contributed by atoms with Crippen LogP contribution in [0.15, 0.2) is 12.1 Å². The Morgan fingerprint density at radius 1 is 1.33 bits per heavy atom. The Morgan fingerprint density at radius 2 is 2.04 bits per heavy atom. The van der Waals surface area contributed by atoms with Crippen molar-refractivity contribution < 1.29 is 14.6 Å². The molecular weight excluding hydrogens is 300 g/mol. The lowest BCUT2D eigenvalue weighted by molar-refractivity contribution is 0.109. The molecule has 0 saturated heterocycles. The van der Waals surface area contributed by atoms with Crippen molar-refractivity contribution in [3.63, 3.8) is 0 Å². The van der Waals surface area contributed by atoms with Gasteiger partial charge in [-0.15, -0.1) is 6.42 Å². The van der Waals surface area contributed by atoms with Crippen LogP contribution in [-0.2, 0) is 10.2 Å². The zero-order chi connectivity index (χ0) is 17.9. The molecule has 3 heteroatoms. The molecule has 0 spiro atoms. The van der Waals surface area contributed by atoms with Crippen LogP contribution < -0.4 is 4.74 Å². The molecule has 1 aromatic carbocycles. The highest BCUT2D eigenvalue weighted by Crippen LogP contribution is 2.49. The fourth-order valence-electron chi connectivity index (χ4n) is 3.78. The van der Waals surface area contributed by atoms with E-state index in [-0.39, 0.29) is 5.41 Å². The minimum atomic E-state index is -0.907. The summed E-state index contributed by atoms with van der Waals surface area (Å²) in [6, 6.07) is 3.97. The normalized spacial score (nSPS) is 23.2. The maximum absolute atomic E-state index is 10.1. The quantitative estimate of drug-likeness (QED) is 0.628. The summed E-state index contributed by atoms with van der Waals surface area (Å²) in [7, 11) is 0. The van der Waals surface area contributed by atoms with Gasteiger partial charge in [-0.1, -0.05) is 39.7 Å². The average Bonchev–Trinajstić information content (AvgIpc) is 2.55. The lowest BCUT2D eigenvalue weighted by Gasteiger charge is -2.41. The van der Waals surface area contributed by atoms with Gasteiger partial charge in [0.2, 0.25) is 0 Å². The van der Waals surface area contributed by atoms with Gasteiger partial charge in [0.25, 0.3) is 0 Å². The first kappa shape index (κ1) is 18.8. The highest BCUT2D eigenvalue weighted by molar-refractivity contribution is 5.52. The summed E-state index contributed by atoms with van der Waals surface area (Å²) >= 11 is 0. The van der Waals surface area contributed by atoms with Crippen molar-refractivity contribution in [3.05, 3.63) is 28.8 Å². The number of aliphatic hydroxyl groups excluding tert-OH is 1. The molecule has 0 saturated carbocycles. The van der Waals surface area contributed by atoms with E-state index in [4.69, 9.17) is 15.9 Å². The number of hydrogen-bond donors (Lipinski definition) is 1. The summed E-state index contributed by atoms with van der Waals surface area (Å²) in [5, 5.41) is 10.1. The molecule has 132 valence electrons. The molecule has 1 aliphatic rings. The van der Waals surface area contributed by atoms with Gasteiger partial charge in [-0.2, -0.15) is 0 Å². The van der Waals surface area contributed by atoms with E-state index in [1.54, 1.807) is 0 Å². The van der Waals surface area contributed by atoms with Gasteiger partial charge in [0, 0.05) is 12.2 Å². The molecule has 2 rings (SSSR count). The number of fused-ring (bicyclic) bond motifs is 1. The third-order valence-electron chi connectivity index (χ3n) is 5.20. The number of ether oxygens (including phenoxy) is 2. The monoisotopic (exact) mass is 330 g/mol. The Bertz CT molecular complexity index is 612. The van der Waals surface area contributed by atoms with Gasteiger partial charge in [-0.3, -0.25) is 0 Å². The van der Waals surface area contributed by atoms with E-state index in [1.807, 2.05) is 13.0 Å². The Kier molecular flexibility index (Phi) is 5.96. The van der Waals surface area contributed by atoms with Gasteiger partial charge in [0.05, 0.1) is 6.61 Å². The summed E-state index contributed by atoms with van der Waals surface area (Å²) in [6.45, 7) is 12.8. The SMILES string of the molecule is C#C[C@@H](O)c1cc(OCCOCC)c2c(c1)C(C)(C)CC(C)C2C. The van der Waals surface area contributed by atoms with Gasteiger partial charge in [-0.05, 0) is 47.8 Å². The summed E-state index contributed by atoms with van der Waals surface area (Å²) in [5.74, 6) is 4.23. The first-order chi connectivity index (χ1) is 11.3. The van der Waals surface area contributed by atoms with Crippen molar-refractivity contribution in [2.45, 2.75) is 58.5 Å². The molecule has 3 atom stereocenters. The van der Waals surface area contributed by atoms with Crippen LogP contribution in [0.25, 0.3) is 0 Å². The van der Waals surface area contributed by atoms with Gasteiger partial charge in [0.1, 0.15) is 18.5 Å². The maximum atomic E-state index is 10.1. The summed E-state index contributed by atoms with van der Waals surface area (Å²) in [5.41, 5.74) is 3.26. The molecule has 1 N–H and O–H groups in total. The lowest BCUT2D eigenvalue weighted by Crippen LogP contribution is -2.31. The molecule has 0 bridgehead atoms. The van der Waals surface area contributed by atoms with Crippen molar-refractivity contribution in [1.29, 1.82) is 0 Å². The molecule has 0 aromatic heterocycles. The largest absolute Gasteiger partial charge is 0.491 e. The number of benzene rings is 1. The van der Waals surface area contributed by atoms with Crippen LogP contribution >= 0.6 is 0 Å². The third kappa shape index (κ3) is 3.77. The van der Waals surface area contributed by atoms with Crippen molar-refractivity contribution in [1.82, 2.24) is 0 Å². The van der Waals surface area contributed by atoms with E-state index >= 15 is 0 Å². The second-order valence-corrected chi connectivity index (χ2v) is 7.45.